The molecule has 0 saturated carbocycles. The van der Waals surface area contributed by atoms with Crippen LogP contribution >= 0.6 is 7.82 Å². The Morgan fingerprint density at radius 3 is 2.23 bits per heavy atom. The van der Waals surface area contributed by atoms with Gasteiger partial charge in [-0.25, -0.2) is 4.57 Å². The molecule has 0 radical (unpaired) electrons. The van der Waals surface area contributed by atoms with Crippen molar-refractivity contribution in [3.8, 4) is 0 Å². The maximum atomic E-state index is 11.0. The number of nitrogens with zero attached hydrogens (tertiary/aromatic N) is 1. The first kappa shape index (κ1) is 13.1. The van der Waals surface area contributed by atoms with E-state index >= 15 is 0 Å². The second-order valence-electron chi connectivity index (χ2n) is 3.73. The van der Waals surface area contributed by atoms with Gasteiger partial charge >= 0.3 is 7.82 Å². The van der Waals surface area contributed by atoms with Gasteiger partial charge in [-0.05, 0) is 6.92 Å². The first-order valence-corrected chi connectivity index (χ1v) is 5.69. The van der Waals surface area contributed by atoms with Crippen LogP contribution in [0.25, 0.3) is 0 Å². The molecule has 0 fully saturated rings. The summed E-state index contributed by atoms with van der Waals surface area (Å²) in [6.07, 6.45) is 0. The number of hydrogen-bond acceptors (Lipinski definition) is 3. The molecule has 1 unspecified atom stereocenters. The molecule has 1 atom stereocenters. The van der Waals surface area contributed by atoms with Gasteiger partial charge in [-0.1, -0.05) is 0 Å². The fraction of sp³-hybridized carbons (Fsp3) is 1.00. The van der Waals surface area contributed by atoms with Crippen LogP contribution in [0.15, 0.2) is 0 Å². The van der Waals surface area contributed by atoms with Gasteiger partial charge in [-0.2, -0.15) is 0 Å². The third-order valence-corrected chi connectivity index (χ3v) is 2.40. The first-order valence-electron chi connectivity index (χ1n) is 4.19. The fourth-order valence-corrected chi connectivity index (χ4v) is 1.34. The largest absolute Gasteiger partial charge is 0.472 e. The summed E-state index contributed by atoms with van der Waals surface area (Å²) in [6.45, 7) is 2.71. The predicted molar refractivity (Wildman–Crippen MR) is 50.3 cm³/mol. The third-order valence-electron chi connectivity index (χ3n) is 1.31. The highest BCUT2D eigenvalue weighted by molar-refractivity contribution is 7.47. The van der Waals surface area contributed by atoms with Crippen molar-refractivity contribution in [3.05, 3.63) is 0 Å². The zero-order valence-corrected chi connectivity index (χ0v) is 9.58. The molecular formula is C7H19NO4P+. The molecule has 0 saturated heterocycles. The third kappa shape index (κ3) is 8.40. The molecule has 0 spiro atoms. The van der Waals surface area contributed by atoms with Gasteiger partial charge in [0.1, 0.15) is 13.2 Å². The van der Waals surface area contributed by atoms with Gasteiger partial charge in [0.05, 0.1) is 27.7 Å². The van der Waals surface area contributed by atoms with E-state index in [1.54, 1.807) is 6.92 Å². The highest BCUT2D eigenvalue weighted by Crippen LogP contribution is 2.42. The summed E-state index contributed by atoms with van der Waals surface area (Å²) in [4.78, 5) is 9.02. The molecule has 0 amide bonds. The Hall–Kier alpha value is 0.0700. The molecule has 0 bridgehead atoms. The van der Waals surface area contributed by atoms with Crippen LogP contribution in [0.5, 0.6) is 0 Å². The molecule has 0 aromatic carbocycles. The molecule has 0 rings (SSSR count). The SMILES string of the molecule is CCOP(=O)(O)OCC[N+](C)(C)C. The van der Waals surface area contributed by atoms with Crippen molar-refractivity contribution in [1.82, 2.24) is 0 Å². The van der Waals surface area contributed by atoms with Gasteiger partial charge in [0.15, 0.2) is 0 Å². The maximum Gasteiger partial charge on any atom is 0.472 e. The second kappa shape index (κ2) is 5.08. The van der Waals surface area contributed by atoms with Crippen molar-refractivity contribution in [2.45, 2.75) is 6.92 Å². The molecule has 0 aliphatic carbocycles. The van der Waals surface area contributed by atoms with Gasteiger partial charge in [-0.3, -0.25) is 9.05 Å². The van der Waals surface area contributed by atoms with Crippen LogP contribution < -0.4 is 0 Å². The molecule has 80 valence electrons. The Morgan fingerprint density at radius 2 is 1.85 bits per heavy atom. The van der Waals surface area contributed by atoms with Gasteiger partial charge in [-0.15, -0.1) is 0 Å². The molecule has 6 heteroatoms. The molecule has 0 aromatic rings. The van der Waals surface area contributed by atoms with Crippen LogP contribution in [-0.2, 0) is 13.6 Å². The summed E-state index contributed by atoms with van der Waals surface area (Å²) in [7, 11) is 2.15. The van der Waals surface area contributed by atoms with E-state index in [1.807, 2.05) is 21.1 Å². The van der Waals surface area contributed by atoms with Crippen molar-refractivity contribution in [3.63, 3.8) is 0 Å². The summed E-state index contributed by atoms with van der Waals surface area (Å²) in [5.41, 5.74) is 0. The molecule has 13 heavy (non-hydrogen) atoms. The summed E-state index contributed by atoms with van der Waals surface area (Å²) in [5, 5.41) is 0. The summed E-state index contributed by atoms with van der Waals surface area (Å²) < 4.78 is 20.9. The van der Waals surface area contributed by atoms with Crippen molar-refractivity contribution in [1.29, 1.82) is 0 Å². The maximum absolute atomic E-state index is 11.0. The molecule has 0 aromatic heterocycles. The summed E-state index contributed by atoms with van der Waals surface area (Å²) >= 11 is 0. The smallest absolute Gasteiger partial charge is 0.329 e. The van der Waals surface area contributed by atoms with E-state index in [2.05, 4.69) is 4.52 Å². The quantitative estimate of drug-likeness (QED) is 0.523. The number of quaternary nitrogens is 1. The Morgan fingerprint density at radius 1 is 1.31 bits per heavy atom. The van der Waals surface area contributed by atoms with Gasteiger partial charge in [0.2, 0.25) is 0 Å². The number of likely N-dealkylation sites (N-methyl/N-ethyl adjacent to an activating group) is 1. The van der Waals surface area contributed by atoms with E-state index < -0.39 is 7.82 Å². The summed E-state index contributed by atoms with van der Waals surface area (Å²) in [6, 6.07) is 0. The topological polar surface area (TPSA) is 55.8 Å². The molecular weight excluding hydrogens is 193 g/mol. The minimum Gasteiger partial charge on any atom is -0.329 e. The van der Waals surface area contributed by atoms with E-state index in [1.165, 1.54) is 0 Å². The minimum absolute atomic E-state index is 0.179. The Bertz CT molecular complexity index is 189. The van der Waals surface area contributed by atoms with E-state index in [0.717, 1.165) is 0 Å². The van der Waals surface area contributed by atoms with E-state index in [9.17, 15) is 4.57 Å². The van der Waals surface area contributed by atoms with E-state index in [-0.39, 0.29) is 13.2 Å². The van der Waals surface area contributed by atoms with Crippen molar-refractivity contribution in [2.24, 2.45) is 0 Å². The molecule has 0 aliphatic heterocycles. The van der Waals surface area contributed by atoms with Gasteiger partial charge in [0.25, 0.3) is 0 Å². The molecule has 0 aliphatic rings. The monoisotopic (exact) mass is 212 g/mol. The van der Waals surface area contributed by atoms with Crippen LogP contribution in [0.1, 0.15) is 6.92 Å². The van der Waals surface area contributed by atoms with Gasteiger partial charge < -0.3 is 9.38 Å². The number of rotatable bonds is 6. The zero-order chi connectivity index (χ0) is 10.5. The minimum atomic E-state index is -3.79. The predicted octanol–water partition coefficient (Wildman–Crippen LogP) is 0.846. The van der Waals surface area contributed by atoms with Crippen LogP contribution in [0.3, 0.4) is 0 Å². The number of phosphoric ester groups is 1. The Balaban J connectivity index is 3.70. The Labute approximate surface area is 79.5 Å². The lowest BCUT2D eigenvalue weighted by Crippen LogP contribution is -2.37. The van der Waals surface area contributed by atoms with Crippen LogP contribution in [0.4, 0.5) is 0 Å². The van der Waals surface area contributed by atoms with Crippen LogP contribution in [0.2, 0.25) is 0 Å². The van der Waals surface area contributed by atoms with Crippen LogP contribution in [-0.4, -0.2) is 50.3 Å². The normalized spacial score (nSPS) is 17.0. The highest BCUT2D eigenvalue weighted by atomic mass is 31.2. The lowest BCUT2D eigenvalue weighted by molar-refractivity contribution is -0.870. The average molecular weight is 212 g/mol. The lowest BCUT2D eigenvalue weighted by Gasteiger charge is -2.23. The Kier molecular flexibility index (Phi) is 5.10. The standard InChI is InChI=1S/C7H18NO4P/c1-5-11-13(9,10)12-7-6-8(2,3)4/h5-7H2,1-4H3/p+1. The summed E-state index contributed by atoms with van der Waals surface area (Å²) in [5.74, 6) is 0. The number of phosphoric acid groups is 1. The molecule has 5 nitrogen and oxygen atoms in total. The molecule has 1 N–H and O–H groups in total. The van der Waals surface area contributed by atoms with Crippen molar-refractivity contribution >= 4 is 7.82 Å². The van der Waals surface area contributed by atoms with Gasteiger partial charge in [0, 0.05) is 0 Å². The first-order chi connectivity index (χ1) is 5.77. The van der Waals surface area contributed by atoms with Crippen molar-refractivity contribution in [2.75, 3.05) is 40.9 Å². The van der Waals surface area contributed by atoms with Crippen LogP contribution in [0, 0.1) is 0 Å². The molecule has 0 heterocycles. The second-order valence-corrected chi connectivity index (χ2v) is 5.19. The highest BCUT2D eigenvalue weighted by Gasteiger charge is 2.20. The average Bonchev–Trinajstić information content (AvgIpc) is 1.82. The zero-order valence-electron chi connectivity index (χ0n) is 8.69. The number of hydrogen-bond donors (Lipinski definition) is 1. The van der Waals surface area contributed by atoms with E-state index in [4.69, 9.17) is 9.42 Å². The van der Waals surface area contributed by atoms with Crippen molar-refractivity contribution < 1.29 is 23.0 Å². The fourth-order valence-electron chi connectivity index (χ4n) is 0.630. The lowest BCUT2D eigenvalue weighted by atomic mass is 10.5. The van der Waals surface area contributed by atoms with E-state index in [0.29, 0.717) is 11.0 Å².